The smallest absolute Gasteiger partial charge is 0.258 e. The molecule has 2 heterocycles. The number of para-hydroxylation sites is 4. The lowest BCUT2D eigenvalue weighted by molar-refractivity contribution is -0.128. The monoisotopic (exact) mass is 1200 g/mol. The molecule has 0 unspecified atom stereocenters. The van der Waals surface area contributed by atoms with Crippen molar-refractivity contribution >= 4 is 122 Å². The number of carbonyl (C=O) groups is 6. The van der Waals surface area contributed by atoms with Crippen LogP contribution in [0.2, 0.25) is 0 Å². The highest BCUT2D eigenvalue weighted by atomic mass is 79.9. The SMILES string of the molecule is CN[C@@H](C)C(=O)N[C@H]1CN(C(=O)c2ccc3ccc(C(=O)N4C[C@H](NC(=O)[C@H](C)NC)C(=O)N(Cc5c(OC)ccc6cc(Br)ccc56)c5ccccc54)cc3c2)c2ccccc2N(Cc2c(OC)ccc3cc(Br)ccc23)C1=O. The minimum Gasteiger partial charge on any atom is -0.496 e. The summed E-state index contributed by atoms with van der Waals surface area (Å²) >= 11 is 7.16. The van der Waals surface area contributed by atoms with Crippen molar-refractivity contribution in [3.63, 3.8) is 0 Å². The van der Waals surface area contributed by atoms with E-state index in [9.17, 15) is 9.59 Å². The van der Waals surface area contributed by atoms with Gasteiger partial charge in [-0.15, -0.1) is 0 Å². The Labute approximate surface area is 479 Å². The molecule has 0 aromatic heterocycles. The van der Waals surface area contributed by atoms with Crippen molar-refractivity contribution in [1.29, 1.82) is 0 Å². The van der Waals surface area contributed by atoms with E-state index in [-0.39, 0.29) is 37.3 Å². The Morgan fingerprint density at radius 3 is 1.29 bits per heavy atom. The lowest BCUT2D eigenvalue weighted by Crippen LogP contribution is -2.55. The van der Waals surface area contributed by atoms with Gasteiger partial charge in [-0.25, -0.2) is 0 Å². The summed E-state index contributed by atoms with van der Waals surface area (Å²) in [6, 6.07) is 40.4. The number of benzene rings is 8. The lowest BCUT2D eigenvalue weighted by atomic mass is 10.0. The maximum absolute atomic E-state index is 15.3. The van der Waals surface area contributed by atoms with E-state index in [2.05, 4.69) is 53.1 Å². The van der Waals surface area contributed by atoms with Crippen LogP contribution in [-0.4, -0.2) is 101 Å². The van der Waals surface area contributed by atoms with E-state index in [4.69, 9.17) is 9.47 Å². The molecule has 2 aliphatic heterocycles. The first kappa shape index (κ1) is 55.2. The molecule has 4 atom stereocenters. The number of nitrogens with zero attached hydrogens (tertiary/aromatic N) is 4. The number of anilines is 4. The molecule has 18 heteroatoms. The van der Waals surface area contributed by atoms with Crippen LogP contribution in [0.25, 0.3) is 32.3 Å². The van der Waals surface area contributed by atoms with Crippen LogP contribution >= 0.6 is 31.9 Å². The fraction of sp³-hybridized carbons (Fsp3) is 0.226. The van der Waals surface area contributed by atoms with Crippen molar-refractivity contribution in [2.45, 2.75) is 51.1 Å². The van der Waals surface area contributed by atoms with E-state index in [0.29, 0.717) is 39.6 Å². The first-order chi connectivity index (χ1) is 38.6. The van der Waals surface area contributed by atoms with Gasteiger partial charge < -0.3 is 50.3 Å². The van der Waals surface area contributed by atoms with Gasteiger partial charge in [0.15, 0.2) is 0 Å². The van der Waals surface area contributed by atoms with Gasteiger partial charge in [0, 0.05) is 31.2 Å². The topological polar surface area (TPSA) is 182 Å². The molecule has 408 valence electrons. The number of methoxy groups -OCH3 is 2. The molecule has 10 rings (SSSR count). The third kappa shape index (κ3) is 10.7. The third-order valence-electron chi connectivity index (χ3n) is 15.1. The summed E-state index contributed by atoms with van der Waals surface area (Å²) in [6.07, 6.45) is 0. The predicted molar refractivity (Wildman–Crippen MR) is 320 cm³/mol. The highest BCUT2D eigenvalue weighted by Gasteiger charge is 2.40. The van der Waals surface area contributed by atoms with Crippen LogP contribution in [0.15, 0.2) is 155 Å². The molecule has 0 fully saturated rings. The van der Waals surface area contributed by atoms with Crippen LogP contribution in [0, 0.1) is 0 Å². The Hall–Kier alpha value is -8.16. The molecule has 6 amide bonds. The van der Waals surface area contributed by atoms with Crippen LogP contribution < -0.4 is 50.3 Å². The molecule has 16 nitrogen and oxygen atoms in total. The van der Waals surface area contributed by atoms with Crippen molar-refractivity contribution in [3.8, 4) is 11.5 Å². The molecule has 0 saturated carbocycles. The Kier molecular flexibility index (Phi) is 16.1. The van der Waals surface area contributed by atoms with Crippen molar-refractivity contribution in [1.82, 2.24) is 21.3 Å². The molecule has 0 bridgehead atoms. The first-order valence-corrected chi connectivity index (χ1v) is 27.6. The van der Waals surface area contributed by atoms with E-state index in [1.165, 1.54) is 9.80 Å². The molecule has 8 aromatic carbocycles. The third-order valence-corrected chi connectivity index (χ3v) is 16.1. The van der Waals surface area contributed by atoms with E-state index < -0.39 is 59.6 Å². The Bertz CT molecular complexity index is 3560. The number of ether oxygens (including phenoxy) is 2. The second kappa shape index (κ2) is 23.3. The fourth-order valence-corrected chi connectivity index (χ4v) is 11.3. The molecular weight excluding hydrogens is 1140 g/mol. The number of likely N-dealkylation sites (N-methyl/N-ethyl adjacent to an activating group) is 2. The van der Waals surface area contributed by atoms with E-state index in [0.717, 1.165) is 47.0 Å². The van der Waals surface area contributed by atoms with Crippen molar-refractivity contribution in [2.75, 3.05) is 61.0 Å². The van der Waals surface area contributed by atoms with Crippen LogP contribution in [-0.2, 0) is 32.3 Å². The largest absolute Gasteiger partial charge is 0.496 e. The highest BCUT2D eigenvalue weighted by molar-refractivity contribution is 9.10. The van der Waals surface area contributed by atoms with Crippen LogP contribution in [0.3, 0.4) is 0 Å². The van der Waals surface area contributed by atoms with Gasteiger partial charge in [-0.1, -0.05) is 92.5 Å². The second-order valence-corrected chi connectivity index (χ2v) is 21.6. The summed E-state index contributed by atoms with van der Waals surface area (Å²) in [5.41, 5.74) is 3.76. The Morgan fingerprint density at radius 2 is 0.900 bits per heavy atom. The zero-order valence-corrected chi connectivity index (χ0v) is 48.0. The average molecular weight is 1200 g/mol. The molecule has 4 N–H and O–H groups in total. The van der Waals surface area contributed by atoms with Crippen LogP contribution in [0.5, 0.6) is 11.5 Å². The molecule has 0 spiro atoms. The minimum atomic E-state index is -1.18. The summed E-state index contributed by atoms with van der Waals surface area (Å²) in [5.74, 6) is -1.49. The molecule has 8 aromatic rings. The Morgan fingerprint density at radius 1 is 0.512 bits per heavy atom. The molecule has 0 saturated heterocycles. The molecule has 0 aliphatic carbocycles. The summed E-state index contributed by atoms with van der Waals surface area (Å²) in [6.45, 7) is 3.06. The summed E-state index contributed by atoms with van der Waals surface area (Å²) < 4.78 is 13.5. The second-order valence-electron chi connectivity index (χ2n) is 19.8. The minimum absolute atomic E-state index is 0.0495. The maximum atomic E-state index is 15.3. The highest BCUT2D eigenvalue weighted by Crippen LogP contribution is 2.41. The Balaban J connectivity index is 1.02. The zero-order valence-electron chi connectivity index (χ0n) is 44.8. The molecule has 80 heavy (non-hydrogen) atoms. The molecular formula is C62H58Br2N8O8. The van der Waals surface area contributed by atoms with Gasteiger partial charge in [0.2, 0.25) is 11.8 Å². The quantitative estimate of drug-likeness (QED) is 0.0820. The summed E-state index contributed by atoms with van der Waals surface area (Å²) in [5, 5.41) is 16.6. The first-order valence-electron chi connectivity index (χ1n) is 26.0. The van der Waals surface area contributed by atoms with Gasteiger partial charge in [-0.05, 0) is 145 Å². The maximum Gasteiger partial charge on any atom is 0.258 e. The van der Waals surface area contributed by atoms with Gasteiger partial charge in [0.05, 0.1) is 75.2 Å². The van der Waals surface area contributed by atoms with Gasteiger partial charge in [-0.3, -0.25) is 28.8 Å². The fourth-order valence-electron chi connectivity index (χ4n) is 10.5. The van der Waals surface area contributed by atoms with Crippen molar-refractivity contribution in [2.24, 2.45) is 0 Å². The number of amides is 6. The van der Waals surface area contributed by atoms with E-state index in [1.54, 1.807) is 137 Å². The number of hydrogen-bond acceptors (Lipinski definition) is 10. The van der Waals surface area contributed by atoms with Crippen LogP contribution in [0.4, 0.5) is 22.7 Å². The normalized spacial score (nSPS) is 16.1. The van der Waals surface area contributed by atoms with Gasteiger partial charge in [-0.2, -0.15) is 0 Å². The van der Waals surface area contributed by atoms with Gasteiger partial charge in [0.25, 0.3) is 23.6 Å². The van der Waals surface area contributed by atoms with Gasteiger partial charge >= 0.3 is 0 Å². The number of rotatable bonds is 14. The van der Waals surface area contributed by atoms with Crippen molar-refractivity contribution in [3.05, 3.63) is 177 Å². The number of carbonyl (C=O) groups excluding carboxylic acids is 6. The van der Waals surface area contributed by atoms with E-state index >= 15 is 19.2 Å². The van der Waals surface area contributed by atoms with Crippen molar-refractivity contribution < 1.29 is 38.2 Å². The summed E-state index contributed by atoms with van der Waals surface area (Å²) in [4.78, 5) is 94.3. The number of fused-ring (bicyclic) bond motifs is 5. The molecule has 2 aliphatic rings. The standard InChI is InChI=1S/C62H58Br2N8O8/c1-35(65-3)57(73)67-49-33-71(53-13-9-7-11-51(53)69(61(49)77)31-47-45-23-21-43(63)29-38(45)19-25-55(47)79-5)59(75)40-17-15-37-16-18-41(28-42(37)27-40)60(76)72-34-50(68-58(74)36(2)66-4)62(78)70(52-12-8-10-14-54(52)72)32-48-46-24-22-44(64)30-39(46)20-26-56(48)80-6/h7-30,35-36,49-50,65-66H,31-34H2,1-6H3,(H,67,73)(H,68,74)/t35-,36-,49-,50-/m0/s1. The predicted octanol–water partition coefficient (Wildman–Crippen LogP) is 9.26. The van der Waals surface area contributed by atoms with Gasteiger partial charge in [0.1, 0.15) is 23.6 Å². The van der Waals surface area contributed by atoms with Crippen LogP contribution in [0.1, 0.15) is 45.7 Å². The summed E-state index contributed by atoms with van der Waals surface area (Å²) in [7, 11) is 6.45. The number of hydrogen-bond donors (Lipinski definition) is 4. The number of nitrogens with one attached hydrogen (secondary N) is 4. The number of halogens is 2. The lowest BCUT2D eigenvalue weighted by Gasteiger charge is -2.27. The average Bonchev–Trinajstić information content (AvgIpc) is 3.71. The van der Waals surface area contributed by atoms with E-state index in [1.807, 2.05) is 60.7 Å². The molecule has 0 radical (unpaired) electrons. The zero-order chi connectivity index (χ0) is 56.5.